The van der Waals surface area contributed by atoms with Crippen LogP contribution in [-0.2, 0) is 0 Å². The van der Waals surface area contributed by atoms with Crippen molar-refractivity contribution in [3.05, 3.63) is 24.2 Å². The van der Waals surface area contributed by atoms with Gasteiger partial charge in [-0.3, -0.25) is 4.79 Å². The highest BCUT2D eigenvalue weighted by Crippen LogP contribution is 2.17. The molecule has 1 aromatic heterocycles. The number of carbonyl (C=O) groups excluding carboxylic acids is 1. The molecule has 1 rings (SSSR count). The summed E-state index contributed by atoms with van der Waals surface area (Å²) < 4.78 is 4.98. The van der Waals surface area contributed by atoms with E-state index in [0.717, 1.165) is 6.42 Å². The van der Waals surface area contributed by atoms with Gasteiger partial charge in [-0.05, 0) is 30.5 Å². The zero-order valence-corrected chi connectivity index (χ0v) is 9.25. The average Bonchev–Trinajstić information content (AvgIpc) is 2.67. The van der Waals surface area contributed by atoms with Gasteiger partial charge in [0.25, 0.3) is 5.91 Å². The molecule has 0 bridgehead atoms. The van der Waals surface area contributed by atoms with Gasteiger partial charge in [-0.15, -0.1) is 0 Å². The summed E-state index contributed by atoms with van der Waals surface area (Å²) in [7, 11) is 0. The summed E-state index contributed by atoms with van der Waals surface area (Å²) >= 11 is 0. The Morgan fingerprint density at radius 2 is 2.33 bits per heavy atom. The van der Waals surface area contributed by atoms with Crippen molar-refractivity contribution in [2.75, 3.05) is 13.1 Å². The molecule has 84 valence electrons. The zero-order chi connectivity index (χ0) is 11.3. The Bertz CT molecular complexity index is 304. The lowest BCUT2D eigenvalue weighted by molar-refractivity contribution is 0.0907. The second-order valence-corrected chi connectivity index (χ2v) is 4.36. The molecule has 0 saturated heterocycles. The SMILES string of the molecule is CC(C)(CCN)CNC(=O)c1ccco1. The number of furan rings is 1. The molecule has 0 aromatic carbocycles. The third-order valence-corrected chi connectivity index (χ3v) is 2.29. The first kappa shape index (κ1) is 11.8. The maximum absolute atomic E-state index is 11.5. The quantitative estimate of drug-likeness (QED) is 0.771. The van der Waals surface area contributed by atoms with E-state index in [4.69, 9.17) is 10.2 Å². The fourth-order valence-electron chi connectivity index (χ4n) is 1.29. The van der Waals surface area contributed by atoms with E-state index in [1.807, 2.05) is 0 Å². The summed E-state index contributed by atoms with van der Waals surface area (Å²) in [6, 6.07) is 3.34. The number of rotatable bonds is 5. The lowest BCUT2D eigenvalue weighted by Gasteiger charge is -2.23. The molecule has 0 fully saturated rings. The van der Waals surface area contributed by atoms with Crippen molar-refractivity contribution >= 4 is 5.91 Å². The van der Waals surface area contributed by atoms with Gasteiger partial charge in [0.15, 0.2) is 5.76 Å². The van der Waals surface area contributed by atoms with Crippen molar-refractivity contribution in [2.24, 2.45) is 11.1 Å². The molecule has 0 aliphatic heterocycles. The highest BCUT2D eigenvalue weighted by atomic mass is 16.3. The van der Waals surface area contributed by atoms with Gasteiger partial charge in [-0.1, -0.05) is 13.8 Å². The molecule has 1 aromatic rings. The van der Waals surface area contributed by atoms with E-state index in [1.54, 1.807) is 12.1 Å². The Morgan fingerprint density at radius 1 is 1.60 bits per heavy atom. The van der Waals surface area contributed by atoms with Crippen LogP contribution < -0.4 is 11.1 Å². The van der Waals surface area contributed by atoms with Crippen molar-refractivity contribution in [1.29, 1.82) is 0 Å². The molecule has 0 saturated carbocycles. The topological polar surface area (TPSA) is 68.3 Å². The molecule has 0 spiro atoms. The molecule has 4 heteroatoms. The lowest BCUT2D eigenvalue weighted by atomic mass is 9.89. The molecular formula is C11H18N2O2. The number of nitrogens with two attached hydrogens (primary N) is 1. The van der Waals surface area contributed by atoms with E-state index in [2.05, 4.69) is 19.2 Å². The fraction of sp³-hybridized carbons (Fsp3) is 0.545. The van der Waals surface area contributed by atoms with Gasteiger partial charge < -0.3 is 15.5 Å². The number of hydrogen-bond acceptors (Lipinski definition) is 3. The molecule has 3 N–H and O–H groups in total. The summed E-state index contributed by atoms with van der Waals surface area (Å²) in [5.41, 5.74) is 5.51. The van der Waals surface area contributed by atoms with Crippen LogP contribution >= 0.6 is 0 Å². The van der Waals surface area contributed by atoms with E-state index in [0.29, 0.717) is 18.8 Å². The Kier molecular flexibility index (Phi) is 3.91. The molecule has 1 amide bonds. The average molecular weight is 210 g/mol. The molecule has 0 radical (unpaired) electrons. The predicted molar refractivity (Wildman–Crippen MR) is 58.5 cm³/mol. The normalized spacial score (nSPS) is 11.4. The van der Waals surface area contributed by atoms with E-state index in [-0.39, 0.29) is 11.3 Å². The van der Waals surface area contributed by atoms with Gasteiger partial charge in [0.05, 0.1) is 6.26 Å². The third-order valence-electron chi connectivity index (χ3n) is 2.29. The fourth-order valence-corrected chi connectivity index (χ4v) is 1.29. The first-order valence-corrected chi connectivity index (χ1v) is 5.07. The Morgan fingerprint density at radius 3 is 2.87 bits per heavy atom. The Hall–Kier alpha value is -1.29. The van der Waals surface area contributed by atoms with Crippen LogP contribution in [0.5, 0.6) is 0 Å². The molecule has 0 atom stereocenters. The van der Waals surface area contributed by atoms with Gasteiger partial charge in [-0.25, -0.2) is 0 Å². The van der Waals surface area contributed by atoms with Gasteiger partial charge in [0.1, 0.15) is 0 Å². The van der Waals surface area contributed by atoms with Gasteiger partial charge in [0.2, 0.25) is 0 Å². The third kappa shape index (κ3) is 3.75. The zero-order valence-electron chi connectivity index (χ0n) is 9.25. The Labute approximate surface area is 89.8 Å². The molecule has 0 aliphatic carbocycles. The van der Waals surface area contributed by atoms with Crippen LogP contribution in [0.15, 0.2) is 22.8 Å². The summed E-state index contributed by atoms with van der Waals surface area (Å²) in [5, 5.41) is 2.82. The minimum atomic E-state index is -0.176. The van der Waals surface area contributed by atoms with Crippen LogP contribution in [0.3, 0.4) is 0 Å². The minimum absolute atomic E-state index is 0.0248. The van der Waals surface area contributed by atoms with Crippen molar-refractivity contribution in [3.63, 3.8) is 0 Å². The summed E-state index contributed by atoms with van der Waals surface area (Å²) in [5.74, 6) is 0.170. The number of hydrogen-bond donors (Lipinski definition) is 2. The van der Waals surface area contributed by atoms with E-state index >= 15 is 0 Å². The van der Waals surface area contributed by atoms with Crippen LogP contribution in [0.4, 0.5) is 0 Å². The minimum Gasteiger partial charge on any atom is -0.459 e. The summed E-state index contributed by atoms with van der Waals surface area (Å²) in [4.78, 5) is 11.5. The van der Waals surface area contributed by atoms with Crippen LogP contribution in [0.1, 0.15) is 30.8 Å². The lowest BCUT2D eigenvalue weighted by Crippen LogP contribution is -2.35. The van der Waals surface area contributed by atoms with Crippen molar-refractivity contribution < 1.29 is 9.21 Å². The monoisotopic (exact) mass is 210 g/mol. The molecular weight excluding hydrogens is 192 g/mol. The maximum atomic E-state index is 11.5. The largest absolute Gasteiger partial charge is 0.459 e. The summed E-state index contributed by atoms with van der Waals surface area (Å²) in [6.45, 7) is 5.37. The Balaban J connectivity index is 2.40. The first-order valence-electron chi connectivity index (χ1n) is 5.07. The maximum Gasteiger partial charge on any atom is 0.286 e. The van der Waals surface area contributed by atoms with Crippen LogP contribution in [0, 0.1) is 5.41 Å². The molecule has 0 unspecified atom stereocenters. The first-order chi connectivity index (χ1) is 7.05. The second kappa shape index (κ2) is 4.98. The van der Waals surface area contributed by atoms with E-state index in [1.165, 1.54) is 6.26 Å². The van der Waals surface area contributed by atoms with Crippen molar-refractivity contribution in [2.45, 2.75) is 20.3 Å². The highest BCUT2D eigenvalue weighted by Gasteiger charge is 2.18. The van der Waals surface area contributed by atoms with Crippen LogP contribution in [0.2, 0.25) is 0 Å². The number of amides is 1. The van der Waals surface area contributed by atoms with Gasteiger partial charge >= 0.3 is 0 Å². The van der Waals surface area contributed by atoms with Crippen LogP contribution in [-0.4, -0.2) is 19.0 Å². The molecule has 15 heavy (non-hydrogen) atoms. The van der Waals surface area contributed by atoms with Crippen molar-refractivity contribution in [1.82, 2.24) is 5.32 Å². The van der Waals surface area contributed by atoms with E-state index in [9.17, 15) is 4.79 Å². The van der Waals surface area contributed by atoms with Crippen molar-refractivity contribution in [3.8, 4) is 0 Å². The van der Waals surface area contributed by atoms with Gasteiger partial charge in [0, 0.05) is 6.54 Å². The number of nitrogens with one attached hydrogen (secondary N) is 1. The molecule has 0 aliphatic rings. The number of carbonyl (C=O) groups is 1. The molecule has 1 heterocycles. The summed E-state index contributed by atoms with van der Waals surface area (Å²) in [6.07, 6.45) is 2.37. The second-order valence-electron chi connectivity index (χ2n) is 4.36. The smallest absolute Gasteiger partial charge is 0.286 e. The standard InChI is InChI=1S/C11H18N2O2/c1-11(2,5-6-12)8-13-10(14)9-4-3-7-15-9/h3-4,7H,5-6,8,12H2,1-2H3,(H,13,14). The van der Waals surface area contributed by atoms with Gasteiger partial charge in [-0.2, -0.15) is 0 Å². The highest BCUT2D eigenvalue weighted by molar-refractivity contribution is 5.91. The van der Waals surface area contributed by atoms with E-state index < -0.39 is 0 Å². The molecule has 4 nitrogen and oxygen atoms in total. The van der Waals surface area contributed by atoms with Crippen LogP contribution in [0.25, 0.3) is 0 Å². The predicted octanol–water partition coefficient (Wildman–Crippen LogP) is 1.38.